The third-order valence-corrected chi connectivity index (χ3v) is 4.61. The van der Waals surface area contributed by atoms with Crippen molar-refractivity contribution in [2.75, 3.05) is 0 Å². The normalized spacial score (nSPS) is 12.6. The van der Waals surface area contributed by atoms with E-state index in [-0.39, 0.29) is 0 Å². The van der Waals surface area contributed by atoms with Crippen LogP contribution in [0.2, 0.25) is 5.02 Å². The number of aliphatic hydroxyl groups excluding tert-OH is 1. The first kappa shape index (κ1) is 13.6. The van der Waals surface area contributed by atoms with Crippen LogP contribution in [-0.4, -0.2) is 5.11 Å². The molecule has 100 valence electrons. The zero-order valence-electron chi connectivity index (χ0n) is 10.6. The molecule has 1 nitrogen and oxygen atoms in total. The van der Waals surface area contributed by atoms with E-state index in [2.05, 4.69) is 15.9 Å². The fraction of sp³-hybridized carbons (Fsp3) is 0.0588. The average molecular weight is 348 g/mol. The minimum Gasteiger partial charge on any atom is -0.384 e. The highest BCUT2D eigenvalue weighted by Gasteiger charge is 2.14. The average Bonchev–Trinajstić information content (AvgIpc) is 2.49. The van der Waals surface area contributed by atoms with Crippen LogP contribution in [0.25, 0.3) is 10.8 Å². The smallest absolute Gasteiger partial charge is 0.105 e. The van der Waals surface area contributed by atoms with Gasteiger partial charge in [0.05, 0.1) is 5.02 Å². The van der Waals surface area contributed by atoms with Crippen LogP contribution in [0.1, 0.15) is 17.2 Å². The Bertz CT molecular complexity index is 765. The van der Waals surface area contributed by atoms with Gasteiger partial charge in [0.25, 0.3) is 0 Å². The summed E-state index contributed by atoms with van der Waals surface area (Å²) in [6, 6.07) is 19.5. The van der Waals surface area contributed by atoms with Crippen LogP contribution < -0.4 is 0 Å². The first-order valence-corrected chi connectivity index (χ1v) is 7.44. The lowest BCUT2D eigenvalue weighted by molar-refractivity contribution is 0.222. The molecule has 0 bridgehead atoms. The summed E-state index contributed by atoms with van der Waals surface area (Å²) >= 11 is 9.47. The van der Waals surface area contributed by atoms with Crippen molar-refractivity contribution in [2.24, 2.45) is 0 Å². The topological polar surface area (TPSA) is 20.2 Å². The fourth-order valence-electron chi connectivity index (χ4n) is 2.35. The first-order chi connectivity index (χ1) is 9.66. The second-order valence-corrected chi connectivity index (χ2v) is 5.91. The van der Waals surface area contributed by atoms with E-state index in [1.807, 2.05) is 54.6 Å². The summed E-state index contributed by atoms with van der Waals surface area (Å²) in [7, 11) is 0. The van der Waals surface area contributed by atoms with Gasteiger partial charge in [-0.3, -0.25) is 0 Å². The molecule has 1 unspecified atom stereocenters. The van der Waals surface area contributed by atoms with Crippen LogP contribution in [-0.2, 0) is 0 Å². The van der Waals surface area contributed by atoms with Gasteiger partial charge in [-0.15, -0.1) is 0 Å². The van der Waals surface area contributed by atoms with Crippen LogP contribution in [0.3, 0.4) is 0 Å². The lowest BCUT2D eigenvalue weighted by Crippen LogP contribution is -2.00. The Kier molecular flexibility index (Phi) is 3.79. The molecule has 0 aromatic heterocycles. The third kappa shape index (κ3) is 2.47. The molecule has 0 fully saturated rings. The number of fused-ring (bicyclic) bond motifs is 1. The SMILES string of the molecule is OC(c1ccc(Br)c(Cl)c1)c1cccc2ccccc12. The molecule has 0 amide bonds. The van der Waals surface area contributed by atoms with Crippen molar-refractivity contribution in [2.45, 2.75) is 6.10 Å². The summed E-state index contributed by atoms with van der Waals surface area (Å²) in [6.07, 6.45) is -0.688. The van der Waals surface area contributed by atoms with Crippen molar-refractivity contribution in [1.82, 2.24) is 0 Å². The molecule has 0 spiro atoms. The van der Waals surface area contributed by atoms with Crippen LogP contribution >= 0.6 is 27.5 Å². The number of benzene rings is 3. The third-order valence-electron chi connectivity index (χ3n) is 3.38. The summed E-state index contributed by atoms with van der Waals surface area (Å²) in [5.41, 5.74) is 1.68. The molecule has 0 radical (unpaired) electrons. The molecule has 0 aliphatic carbocycles. The predicted octanol–water partition coefficient (Wildman–Crippen LogP) is 5.34. The lowest BCUT2D eigenvalue weighted by atomic mass is 9.96. The second-order valence-electron chi connectivity index (χ2n) is 4.64. The monoisotopic (exact) mass is 346 g/mol. The van der Waals surface area contributed by atoms with E-state index in [1.54, 1.807) is 6.07 Å². The van der Waals surface area contributed by atoms with Gasteiger partial charge in [-0.2, -0.15) is 0 Å². The Morgan fingerprint density at radius 3 is 2.50 bits per heavy atom. The number of hydrogen-bond acceptors (Lipinski definition) is 1. The minimum atomic E-state index is -0.688. The van der Waals surface area contributed by atoms with Gasteiger partial charge in [0, 0.05) is 4.47 Å². The summed E-state index contributed by atoms with van der Waals surface area (Å²) < 4.78 is 0.827. The molecule has 3 rings (SSSR count). The van der Waals surface area contributed by atoms with Crippen molar-refractivity contribution >= 4 is 38.3 Å². The second kappa shape index (κ2) is 5.57. The van der Waals surface area contributed by atoms with E-state index in [1.165, 1.54) is 0 Å². The highest BCUT2D eigenvalue weighted by Crippen LogP contribution is 2.32. The van der Waals surface area contributed by atoms with Crippen molar-refractivity contribution in [3.63, 3.8) is 0 Å². The highest BCUT2D eigenvalue weighted by molar-refractivity contribution is 9.10. The number of hydrogen-bond donors (Lipinski definition) is 1. The van der Waals surface area contributed by atoms with Crippen LogP contribution in [0, 0.1) is 0 Å². The Hall–Kier alpha value is -1.35. The molecule has 0 aliphatic heterocycles. The lowest BCUT2D eigenvalue weighted by Gasteiger charge is -2.15. The Morgan fingerprint density at radius 2 is 1.70 bits per heavy atom. The molecule has 1 N–H and O–H groups in total. The molecule has 0 saturated heterocycles. The van der Waals surface area contributed by atoms with Gasteiger partial charge in [-0.25, -0.2) is 0 Å². The molecule has 0 aliphatic rings. The maximum absolute atomic E-state index is 10.6. The van der Waals surface area contributed by atoms with Crippen molar-refractivity contribution < 1.29 is 5.11 Å². The van der Waals surface area contributed by atoms with Crippen molar-refractivity contribution in [3.8, 4) is 0 Å². The number of halogens is 2. The maximum Gasteiger partial charge on any atom is 0.105 e. The first-order valence-electron chi connectivity index (χ1n) is 6.27. The molecule has 3 aromatic rings. The zero-order valence-corrected chi connectivity index (χ0v) is 12.9. The summed E-state index contributed by atoms with van der Waals surface area (Å²) in [5, 5.41) is 13.4. The van der Waals surface area contributed by atoms with Gasteiger partial charge in [-0.05, 0) is 50.0 Å². The van der Waals surface area contributed by atoms with Crippen LogP contribution in [0.4, 0.5) is 0 Å². The van der Waals surface area contributed by atoms with Gasteiger partial charge in [0.2, 0.25) is 0 Å². The maximum atomic E-state index is 10.6. The predicted molar refractivity (Wildman–Crippen MR) is 87.2 cm³/mol. The van der Waals surface area contributed by atoms with Crippen LogP contribution in [0.5, 0.6) is 0 Å². The van der Waals surface area contributed by atoms with E-state index in [0.717, 1.165) is 26.4 Å². The molecular formula is C17H12BrClO. The molecule has 20 heavy (non-hydrogen) atoms. The van der Waals surface area contributed by atoms with E-state index in [0.29, 0.717) is 5.02 Å². The molecule has 3 aromatic carbocycles. The quantitative estimate of drug-likeness (QED) is 0.663. The minimum absolute atomic E-state index is 0.599. The Morgan fingerprint density at radius 1 is 0.950 bits per heavy atom. The Labute approximate surface area is 131 Å². The number of aliphatic hydroxyl groups is 1. The van der Waals surface area contributed by atoms with Crippen molar-refractivity contribution in [1.29, 1.82) is 0 Å². The van der Waals surface area contributed by atoms with Crippen molar-refractivity contribution in [3.05, 3.63) is 81.3 Å². The van der Waals surface area contributed by atoms with E-state index in [9.17, 15) is 5.11 Å². The molecule has 1 atom stereocenters. The molecule has 0 heterocycles. The standard InChI is InChI=1S/C17H12BrClO/c18-15-9-8-12(10-16(15)19)17(20)14-7-3-5-11-4-1-2-6-13(11)14/h1-10,17,20H. The summed E-state index contributed by atoms with van der Waals surface area (Å²) in [5.74, 6) is 0. The van der Waals surface area contributed by atoms with Gasteiger partial charge in [0.1, 0.15) is 6.10 Å². The van der Waals surface area contributed by atoms with Gasteiger partial charge in [-0.1, -0.05) is 60.1 Å². The molecule has 3 heteroatoms. The molecular weight excluding hydrogens is 336 g/mol. The zero-order chi connectivity index (χ0) is 14.1. The molecule has 0 saturated carbocycles. The van der Waals surface area contributed by atoms with Gasteiger partial charge >= 0.3 is 0 Å². The highest BCUT2D eigenvalue weighted by atomic mass is 79.9. The van der Waals surface area contributed by atoms with Gasteiger partial charge in [0.15, 0.2) is 0 Å². The van der Waals surface area contributed by atoms with E-state index >= 15 is 0 Å². The van der Waals surface area contributed by atoms with Crippen LogP contribution in [0.15, 0.2) is 65.1 Å². The number of rotatable bonds is 2. The van der Waals surface area contributed by atoms with E-state index < -0.39 is 6.10 Å². The Balaban J connectivity index is 2.12. The van der Waals surface area contributed by atoms with Gasteiger partial charge < -0.3 is 5.11 Å². The fourth-order valence-corrected chi connectivity index (χ4v) is 2.79. The summed E-state index contributed by atoms with van der Waals surface area (Å²) in [4.78, 5) is 0. The summed E-state index contributed by atoms with van der Waals surface area (Å²) in [6.45, 7) is 0. The van der Waals surface area contributed by atoms with E-state index in [4.69, 9.17) is 11.6 Å². The largest absolute Gasteiger partial charge is 0.384 e.